The molecule has 2 aliphatic heterocycles. The zero-order valence-electron chi connectivity index (χ0n) is 17.9. The van der Waals surface area contributed by atoms with E-state index in [2.05, 4.69) is 20.3 Å². The summed E-state index contributed by atoms with van der Waals surface area (Å²) >= 11 is 2.08. The Morgan fingerprint density at radius 2 is 2.17 bits per heavy atom. The van der Waals surface area contributed by atoms with Gasteiger partial charge >= 0.3 is 12.6 Å². The number of aromatic nitrogens is 1. The van der Waals surface area contributed by atoms with Gasteiger partial charge in [0.15, 0.2) is 10.8 Å². The van der Waals surface area contributed by atoms with Gasteiger partial charge in [0, 0.05) is 22.8 Å². The molecule has 2 aliphatic rings. The van der Waals surface area contributed by atoms with E-state index in [4.69, 9.17) is 10.5 Å². The van der Waals surface area contributed by atoms with Crippen LogP contribution in [-0.2, 0) is 19.2 Å². The summed E-state index contributed by atoms with van der Waals surface area (Å²) in [6.07, 6.45) is 0. The fraction of sp³-hybridized carbons (Fsp3) is 0.250. The van der Waals surface area contributed by atoms with Crippen LogP contribution in [-0.4, -0.2) is 68.9 Å². The van der Waals surface area contributed by atoms with Gasteiger partial charge in [0.1, 0.15) is 41.0 Å². The van der Waals surface area contributed by atoms with Crippen LogP contribution in [0.3, 0.4) is 0 Å². The Labute approximate surface area is 208 Å². The number of carboxylic acid groups (broad SMARTS) is 1. The van der Waals surface area contributed by atoms with Crippen LogP contribution in [0.15, 0.2) is 46.1 Å². The maximum absolute atomic E-state index is 13.4. The number of carboxylic acids is 1. The minimum absolute atomic E-state index is 0.0421. The molecule has 3 heterocycles. The van der Waals surface area contributed by atoms with Gasteiger partial charge < -0.3 is 25.7 Å². The molecule has 1 fully saturated rings. The van der Waals surface area contributed by atoms with E-state index in [0.29, 0.717) is 0 Å². The number of thiazole rings is 1. The number of β-lactam (4-membered cyclic amide) rings is 1. The van der Waals surface area contributed by atoms with Gasteiger partial charge in [-0.3, -0.25) is 14.5 Å². The van der Waals surface area contributed by atoms with Gasteiger partial charge in [-0.25, -0.2) is 14.2 Å². The monoisotopic (exact) mass is 543 g/mol. The number of halogens is 3. The number of benzene rings is 1. The summed E-state index contributed by atoms with van der Waals surface area (Å²) in [6.45, 7) is -3.52. The van der Waals surface area contributed by atoms with Crippen molar-refractivity contribution < 1.29 is 42.2 Å². The molecule has 0 bridgehead atoms. The summed E-state index contributed by atoms with van der Waals surface area (Å²) in [5, 5.41) is 15.8. The molecule has 36 heavy (non-hydrogen) atoms. The first-order chi connectivity index (χ1) is 17.2. The van der Waals surface area contributed by atoms with Gasteiger partial charge in [0.05, 0.1) is 0 Å². The van der Waals surface area contributed by atoms with E-state index >= 15 is 0 Å². The van der Waals surface area contributed by atoms with Gasteiger partial charge in [-0.2, -0.15) is 8.78 Å². The van der Waals surface area contributed by atoms with E-state index in [9.17, 15) is 32.7 Å². The van der Waals surface area contributed by atoms with Crippen molar-refractivity contribution in [3.63, 3.8) is 0 Å². The van der Waals surface area contributed by atoms with Crippen LogP contribution in [0.4, 0.5) is 18.3 Å². The number of hydrogen-bond donors (Lipinski definition) is 3. The van der Waals surface area contributed by atoms with Gasteiger partial charge in [-0.15, -0.1) is 23.1 Å². The van der Waals surface area contributed by atoms with Crippen molar-refractivity contribution in [1.82, 2.24) is 15.2 Å². The number of nitrogens with zero attached hydrogens (tertiary/aromatic N) is 3. The number of nitrogen functional groups attached to an aromatic ring is 1. The summed E-state index contributed by atoms with van der Waals surface area (Å²) in [4.78, 5) is 46.2. The molecule has 190 valence electrons. The third kappa shape index (κ3) is 5.23. The topological polar surface area (TPSA) is 156 Å². The average Bonchev–Trinajstić information content (AvgIpc) is 3.26. The zero-order valence-corrected chi connectivity index (χ0v) is 19.5. The third-order valence-electron chi connectivity index (χ3n) is 4.95. The number of fused-ring (bicyclic) bond motifs is 1. The molecule has 2 aromatic rings. The van der Waals surface area contributed by atoms with Gasteiger partial charge in [0.2, 0.25) is 0 Å². The molecule has 0 radical (unpaired) electrons. The second kappa shape index (κ2) is 10.4. The zero-order chi connectivity index (χ0) is 26.0. The first-order valence-electron chi connectivity index (χ1n) is 9.98. The molecule has 2 atom stereocenters. The lowest BCUT2D eigenvalue weighted by molar-refractivity contribution is -0.150. The molecule has 0 saturated carbocycles. The summed E-state index contributed by atoms with van der Waals surface area (Å²) in [6, 6.07) is 4.11. The largest absolute Gasteiger partial charge is 0.489 e. The number of ether oxygens (including phenoxy) is 1. The molecule has 1 unspecified atom stereocenters. The van der Waals surface area contributed by atoms with Crippen molar-refractivity contribution in [3.8, 4) is 5.75 Å². The molecular weight excluding hydrogens is 527 g/mol. The minimum Gasteiger partial charge on any atom is -0.489 e. The standard InChI is InChI=1S/C20H16F3N5O6S2/c21-9-2-1-3-10(4-9)33-5-8-6-35-17-13(16(30)28(17)14(8)18(31)32)26-15(29)12(27-34-19(22)23)11-7-36-20(24)25-11/h1-4,7,13,17,19H,5-6H2,(H2,24,25)(H,26,29)(H,31,32)/t13?,17-/m0/s1. The Balaban J connectivity index is 1.50. The number of alkyl halides is 2. The predicted molar refractivity (Wildman–Crippen MR) is 122 cm³/mol. The molecule has 4 rings (SSSR count). The highest BCUT2D eigenvalue weighted by Crippen LogP contribution is 2.40. The van der Waals surface area contributed by atoms with Crippen LogP contribution in [0, 0.1) is 5.82 Å². The van der Waals surface area contributed by atoms with E-state index in [1.54, 1.807) is 0 Å². The highest BCUT2D eigenvalue weighted by molar-refractivity contribution is 8.00. The third-order valence-corrected chi connectivity index (χ3v) is 6.96. The van der Waals surface area contributed by atoms with Crippen LogP contribution in [0.25, 0.3) is 0 Å². The fourth-order valence-electron chi connectivity index (χ4n) is 3.42. The highest BCUT2D eigenvalue weighted by Gasteiger charge is 2.54. The Morgan fingerprint density at radius 1 is 1.39 bits per heavy atom. The molecule has 1 aromatic heterocycles. The number of rotatable bonds is 9. The van der Waals surface area contributed by atoms with Crippen LogP contribution in [0.5, 0.6) is 5.75 Å². The summed E-state index contributed by atoms with van der Waals surface area (Å²) < 4.78 is 43.8. The molecule has 1 saturated heterocycles. The number of amides is 2. The lowest BCUT2D eigenvalue weighted by Crippen LogP contribution is -2.71. The van der Waals surface area contributed by atoms with Gasteiger partial charge in [0.25, 0.3) is 11.8 Å². The lowest BCUT2D eigenvalue weighted by atomic mass is 10.0. The molecule has 2 amide bonds. The Hall–Kier alpha value is -3.79. The van der Waals surface area contributed by atoms with Crippen molar-refractivity contribution in [2.75, 3.05) is 18.1 Å². The highest BCUT2D eigenvalue weighted by atomic mass is 32.2. The number of nitrogens with two attached hydrogens (primary N) is 1. The maximum Gasteiger partial charge on any atom is 0.407 e. The predicted octanol–water partition coefficient (Wildman–Crippen LogP) is 1.63. The fourth-order valence-corrected chi connectivity index (χ4v) is 5.30. The Morgan fingerprint density at radius 3 is 2.81 bits per heavy atom. The maximum atomic E-state index is 13.4. The van der Waals surface area contributed by atoms with E-state index in [-0.39, 0.29) is 40.2 Å². The molecule has 4 N–H and O–H groups in total. The molecular formula is C20H16F3N5O6S2. The first-order valence-corrected chi connectivity index (χ1v) is 11.9. The number of anilines is 1. The molecule has 0 spiro atoms. The lowest BCUT2D eigenvalue weighted by Gasteiger charge is -2.49. The first kappa shape index (κ1) is 25.3. The Kier molecular flexibility index (Phi) is 7.35. The van der Waals surface area contributed by atoms with Gasteiger partial charge in [-0.05, 0) is 12.1 Å². The smallest absolute Gasteiger partial charge is 0.407 e. The number of oxime groups is 1. The van der Waals surface area contributed by atoms with Crippen LogP contribution in [0.1, 0.15) is 5.69 Å². The molecule has 11 nitrogen and oxygen atoms in total. The number of thioether (sulfide) groups is 1. The van der Waals surface area contributed by atoms with Crippen molar-refractivity contribution in [3.05, 3.63) is 52.4 Å². The number of nitrogens with one attached hydrogen (secondary N) is 1. The molecule has 0 aliphatic carbocycles. The van der Waals surface area contributed by atoms with Crippen LogP contribution in [0.2, 0.25) is 0 Å². The summed E-state index contributed by atoms with van der Waals surface area (Å²) in [5.74, 6) is -3.39. The van der Waals surface area contributed by atoms with E-state index < -0.39 is 47.3 Å². The number of aliphatic carboxylic acids is 1. The number of carbonyl (C=O) groups is 3. The quantitative estimate of drug-likeness (QED) is 0.243. The van der Waals surface area contributed by atoms with Crippen LogP contribution >= 0.6 is 23.1 Å². The molecule has 1 aromatic carbocycles. The van der Waals surface area contributed by atoms with E-state index in [1.165, 1.54) is 23.6 Å². The molecule has 16 heteroatoms. The van der Waals surface area contributed by atoms with Crippen molar-refractivity contribution in [1.29, 1.82) is 0 Å². The second-order valence-electron chi connectivity index (χ2n) is 7.24. The van der Waals surface area contributed by atoms with Crippen LogP contribution < -0.4 is 15.8 Å². The van der Waals surface area contributed by atoms with E-state index in [1.807, 2.05) is 0 Å². The number of hydrogen-bond acceptors (Lipinski definition) is 10. The summed E-state index contributed by atoms with van der Waals surface area (Å²) in [5.41, 5.74) is 4.72. The minimum atomic E-state index is -3.31. The average molecular weight is 544 g/mol. The van der Waals surface area contributed by atoms with E-state index in [0.717, 1.165) is 34.1 Å². The van der Waals surface area contributed by atoms with Crippen molar-refractivity contribution >= 4 is 51.7 Å². The second-order valence-corrected chi connectivity index (χ2v) is 9.24. The normalized spacial score (nSPS) is 19.6. The summed E-state index contributed by atoms with van der Waals surface area (Å²) in [7, 11) is 0. The SMILES string of the molecule is Nc1nc(C(=NOC(F)F)C(=O)NC2C(=O)N3C(C(=O)O)=C(COc4cccc(F)c4)CS[C@@H]23)cs1. The number of carbonyl (C=O) groups excluding carboxylic acids is 2. The van der Waals surface area contributed by atoms with Gasteiger partial charge in [-0.1, -0.05) is 11.2 Å². The van der Waals surface area contributed by atoms with Crippen molar-refractivity contribution in [2.24, 2.45) is 5.16 Å². The Bertz CT molecular complexity index is 1270. The van der Waals surface area contributed by atoms with Crippen molar-refractivity contribution in [2.45, 2.75) is 18.0 Å².